The lowest BCUT2D eigenvalue weighted by molar-refractivity contribution is 0.600. The van der Waals surface area contributed by atoms with E-state index < -0.39 is 0 Å². The van der Waals surface area contributed by atoms with Crippen molar-refractivity contribution in [2.45, 2.75) is 6.54 Å². The molecule has 0 unspecified atom stereocenters. The molecule has 0 radical (unpaired) electrons. The highest BCUT2D eigenvalue weighted by Crippen LogP contribution is 2.24. The molecular formula is C15H12FN3S2. The molecule has 0 saturated heterocycles. The fourth-order valence-corrected chi connectivity index (χ4v) is 2.96. The van der Waals surface area contributed by atoms with Crippen LogP contribution >= 0.6 is 23.6 Å². The van der Waals surface area contributed by atoms with Crippen LogP contribution in [0.5, 0.6) is 0 Å². The molecule has 3 nitrogen and oxygen atoms in total. The molecule has 3 rings (SSSR count). The third-order valence-corrected chi connectivity index (χ3v) is 4.23. The van der Waals surface area contributed by atoms with Gasteiger partial charge in [-0.05, 0) is 29.6 Å². The minimum absolute atomic E-state index is 0.264. The van der Waals surface area contributed by atoms with Crippen molar-refractivity contribution >= 4 is 28.5 Å². The second kappa shape index (κ2) is 5.75. The number of halogens is 1. The van der Waals surface area contributed by atoms with Crippen LogP contribution in [-0.4, -0.2) is 14.5 Å². The zero-order valence-electron chi connectivity index (χ0n) is 11.0. The highest BCUT2D eigenvalue weighted by Gasteiger charge is 2.11. The molecule has 0 aliphatic heterocycles. The molecular weight excluding hydrogens is 305 g/mol. The van der Waals surface area contributed by atoms with Crippen LogP contribution in [0.1, 0.15) is 11.1 Å². The largest absolute Gasteiger partial charge is 0.389 e. The van der Waals surface area contributed by atoms with E-state index in [2.05, 4.69) is 4.98 Å². The summed E-state index contributed by atoms with van der Waals surface area (Å²) in [5.74, 6) is 0.547. The van der Waals surface area contributed by atoms with E-state index in [1.54, 1.807) is 29.7 Å². The van der Waals surface area contributed by atoms with Crippen molar-refractivity contribution in [1.29, 1.82) is 0 Å². The number of rotatable bonds is 4. The van der Waals surface area contributed by atoms with Gasteiger partial charge in [-0.1, -0.05) is 18.3 Å². The van der Waals surface area contributed by atoms with Crippen LogP contribution in [0.15, 0.2) is 48.1 Å². The Hall–Kier alpha value is -2.05. The smallest absolute Gasteiger partial charge is 0.150 e. The van der Waals surface area contributed by atoms with Gasteiger partial charge < -0.3 is 10.3 Å². The number of hydrogen-bond acceptors (Lipinski definition) is 3. The number of thiophene rings is 1. The molecule has 0 aliphatic rings. The van der Waals surface area contributed by atoms with Crippen LogP contribution in [-0.2, 0) is 6.54 Å². The number of benzene rings is 1. The van der Waals surface area contributed by atoms with E-state index in [-0.39, 0.29) is 10.8 Å². The molecule has 3 aromatic rings. The van der Waals surface area contributed by atoms with Crippen LogP contribution in [0.4, 0.5) is 4.39 Å². The summed E-state index contributed by atoms with van der Waals surface area (Å²) in [5, 5.41) is 1.99. The summed E-state index contributed by atoms with van der Waals surface area (Å²) in [5.41, 5.74) is 6.81. The van der Waals surface area contributed by atoms with Crippen LogP contribution in [0, 0.1) is 5.82 Å². The fourth-order valence-electron chi connectivity index (χ4n) is 2.10. The molecule has 0 atom stereocenters. The van der Waals surface area contributed by atoms with Crippen LogP contribution in [0.2, 0.25) is 0 Å². The number of nitrogens with zero attached hydrogens (tertiary/aromatic N) is 2. The topological polar surface area (TPSA) is 43.8 Å². The normalized spacial score (nSPS) is 10.7. The Morgan fingerprint density at radius 2 is 2.24 bits per heavy atom. The first-order chi connectivity index (χ1) is 10.1. The third kappa shape index (κ3) is 2.86. The first-order valence-corrected chi connectivity index (χ1v) is 7.57. The molecule has 0 aliphatic carbocycles. The summed E-state index contributed by atoms with van der Waals surface area (Å²) >= 11 is 6.54. The van der Waals surface area contributed by atoms with Gasteiger partial charge >= 0.3 is 0 Å². The van der Waals surface area contributed by atoms with Crippen molar-refractivity contribution < 1.29 is 4.39 Å². The van der Waals surface area contributed by atoms with Crippen LogP contribution in [0.25, 0.3) is 10.7 Å². The van der Waals surface area contributed by atoms with Gasteiger partial charge in [-0.2, -0.15) is 0 Å². The molecule has 0 spiro atoms. The number of nitrogens with two attached hydrogens (primary N) is 1. The molecule has 2 heterocycles. The van der Waals surface area contributed by atoms with Gasteiger partial charge in [0.2, 0.25) is 0 Å². The summed E-state index contributed by atoms with van der Waals surface area (Å²) in [4.78, 5) is 5.65. The Balaban J connectivity index is 1.96. The second-order valence-electron chi connectivity index (χ2n) is 4.53. The average molecular weight is 317 g/mol. The van der Waals surface area contributed by atoms with Gasteiger partial charge in [-0.3, -0.25) is 0 Å². The minimum Gasteiger partial charge on any atom is -0.389 e. The summed E-state index contributed by atoms with van der Waals surface area (Å²) in [6, 6.07) is 8.63. The van der Waals surface area contributed by atoms with E-state index in [0.717, 1.165) is 10.7 Å². The highest BCUT2D eigenvalue weighted by atomic mass is 32.1. The molecule has 0 saturated carbocycles. The maximum absolute atomic E-state index is 14.0. The molecule has 1 aromatic carbocycles. The molecule has 0 fully saturated rings. The monoisotopic (exact) mass is 317 g/mol. The van der Waals surface area contributed by atoms with Gasteiger partial charge in [-0.25, -0.2) is 9.37 Å². The van der Waals surface area contributed by atoms with E-state index in [9.17, 15) is 4.39 Å². The van der Waals surface area contributed by atoms with E-state index in [0.29, 0.717) is 17.7 Å². The first-order valence-electron chi connectivity index (χ1n) is 6.28. The Morgan fingerprint density at radius 1 is 1.38 bits per heavy atom. The number of hydrogen-bond donors (Lipinski definition) is 1. The quantitative estimate of drug-likeness (QED) is 0.750. The standard InChI is InChI=1S/C15H12FN3S2/c16-12-4-3-10(14(17)20)8-11(12)9-19-6-5-18-15(19)13-2-1-7-21-13/h1-8H,9H2,(H2,17,20). The minimum atomic E-state index is -0.277. The van der Waals surface area contributed by atoms with Crippen molar-refractivity contribution in [3.05, 3.63) is 65.0 Å². The third-order valence-electron chi connectivity index (χ3n) is 3.13. The van der Waals surface area contributed by atoms with Crippen molar-refractivity contribution in [2.75, 3.05) is 0 Å². The predicted molar refractivity (Wildman–Crippen MR) is 86.9 cm³/mol. The number of aromatic nitrogens is 2. The Bertz CT molecular complexity index is 778. The maximum atomic E-state index is 14.0. The van der Waals surface area contributed by atoms with E-state index >= 15 is 0 Å². The highest BCUT2D eigenvalue weighted by molar-refractivity contribution is 7.80. The molecule has 6 heteroatoms. The molecule has 0 amide bonds. The van der Waals surface area contributed by atoms with Gasteiger partial charge in [0.1, 0.15) is 16.6 Å². The lowest BCUT2D eigenvalue weighted by Crippen LogP contribution is -2.11. The van der Waals surface area contributed by atoms with Crippen molar-refractivity contribution in [1.82, 2.24) is 9.55 Å². The zero-order valence-corrected chi connectivity index (χ0v) is 12.6. The van der Waals surface area contributed by atoms with Gasteiger partial charge in [-0.15, -0.1) is 11.3 Å². The average Bonchev–Trinajstić information content (AvgIpc) is 3.11. The molecule has 2 aromatic heterocycles. The van der Waals surface area contributed by atoms with Gasteiger partial charge in [0.05, 0.1) is 11.4 Å². The van der Waals surface area contributed by atoms with E-state index in [4.69, 9.17) is 18.0 Å². The summed E-state index contributed by atoms with van der Waals surface area (Å²) in [7, 11) is 0. The molecule has 21 heavy (non-hydrogen) atoms. The van der Waals surface area contributed by atoms with Gasteiger partial charge in [0, 0.05) is 23.5 Å². The zero-order chi connectivity index (χ0) is 14.8. The SMILES string of the molecule is NC(=S)c1ccc(F)c(Cn2ccnc2-c2cccs2)c1. The first kappa shape index (κ1) is 13.9. The lowest BCUT2D eigenvalue weighted by atomic mass is 10.1. The fraction of sp³-hybridized carbons (Fsp3) is 0.0667. The van der Waals surface area contributed by atoms with Crippen molar-refractivity contribution in [3.63, 3.8) is 0 Å². The molecule has 106 valence electrons. The van der Waals surface area contributed by atoms with Crippen LogP contribution in [0.3, 0.4) is 0 Å². The van der Waals surface area contributed by atoms with E-state index in [1.807, 2.05) is 28.3 Å². The Kier molecular flexibility index (Phi) is 3.81. The molecule has 0 bridgehead atoms. The lowest BCUT2D eigenvalue weighted by Gasteiger charge is -2.09. The Labute approximate surface area is 130 Å². The van der Waals surface area contributed by atoms with Gasteiger partial charge in [0.15, 0.2) is 0 Å². The number of imidazole rings is 1. The summed E-state index contributed by atoms with van der Waals surface area (Å²) in [6.07, 6.45) is 3.55. The van der Waals surface area contributed by atoms with Crippen molar-refractivity contribution in [3.8, 4) is 10.7 Å². The van der Waals surface area contributed by atoms with Crippen molar-refractivity contribution in [2.24, 2.45) is 5.73 Å². The summed E-state index contributed by atoms with van der Waals surface area (Å²) in [6.45, 7) is 0.384. The second-order valence-corrected chi connectivity index (χ2v) is 5.91. The maximum Gasteiger partial charge on any atom is 0.150 e. The number of thiocarbonyl (C=S) groups is 1. The summed E-state index contributed by atoms with van der Waals surface area (Å²) < 4.78 is 15.9. The predicted octanol–water partition coefficient (Wildman–Crippen LogP) is 3.43. The van der Waals surface area contributed by atoms with Gasteiger partial charge in [0.25, 0.3) is 0 Å². The molecule has 2 N–H and O–H groups in total. The Morgan fingerprint density at radius 3 is 2.95 bits per heavy atom. The van der Waals surface area contributed by atoms with Crippen LogP contribution < -0.4 is 5.73 Å². The van der Waals surface area contributed by atoms with E-state index in [1.165, 1.54) is 6.07 Å².